The molecule has 1 aliphatic heterocycles. The second kappa shape index (κ2) is 9.31. The fraction of sp³-hybridized carbons (Fsp3) is 0.286. The van der Waals surface area contributed by atoms with E-state index in [2.05, 4.69) is 22.5 Å². The first kappa shape index (κ1) is 19.1. The molecular formula is C21H22ClN3O2. The van der Waals surface area contributed by atoms with Gasteiger partial charge in [-0.15, -0.1) is 0 Å². The summed E-state index contributed by atoms with van der Waals surface area (Å²) < 4.78 is 5.76. The molecule has 0 radical (unpaired) electrons. The molecule has 0 bridgehead atoms. The van der Waals surface area contributed by atoms with Gasteiger partial charge in [-0.25, -0.2) is 4.79 Å². The normalized spacial score (nSPS) is 14.7. The largest absolute Gasteiger partial charge is 0.456 e. The zero-order valence-electron chi connectivity index (χ0n) is 15.2. The third-order valence-electron chi connectivity index (χ3n) is 4.08. The maximum absolute atomic E-state index is 12.2. The molecule has 27 heavy (non-hydrogen) atoms. The van der Waals surface area contributed by atoms with Crippen molar-refractivity contribution in [3.63, 3.8) is 0 Å². The Bertz CT molecular complexity index is 839. The number of nitrogens with zero attached hydrogens (tertiary/aromatic N) is 1. The van der Waals surface area contributed by atoms with Crippen molar-refractivity contribution in [1.82, 2.24) is 15.5 Å². The second-order valence-corrected chi connectivity index (χ2v) is 6.65. The summed E-state index contributed by atoms with van der Waals surface area (Å²) in [5.74, 6) is 7.39. The van der Waals surface area contributed by atoms with Gasteiger partial charge in [0.2, 0.25) is 0 Å². The number of carbonyl (C=O) groups excluding carboxylic acids is 1. The number of halogens is 1. The summed E-state index contributed by atoms with van der Waals surface area (Å²) in [6.07, 6.45) is 0. The van der Waals surface area contributed by atoms with Crippen molar-refractivity contribution in [1.29, 1.82) is 0 Å². The Balaban J connectivity index is 1.59. The van der Waals surface area contributed by atoms with Crippen LogP contribution in [0.15, 0.2) is 48.5 Å². The van der Waals surface area contributed by atoms with Gasteiger partial charge in [0.25, 0.3) is 0 Å². The lowest BCUT2D eigenvalue weighted by atomic mass is 10.2. The zero-order chi connectivity index (χ0) is 19.1. The molecule has 6 heteroatoms. The van der Waals surface area contributed by atoms with E-state index in [0.717, 1.165) is 24.4 Å². The van der Waals surface area contributed by atoms with Crippen molar-refractivity contribution >= 4 is 17.6 Å². The summed E-state index contributed by atoms with van der Waals surface area (Å²) in [5, 5.41) is 6.62. The van der Waals surface area contributed by atoms with Crippen LogP contribution in [0.5, 0.6) is 11.5 Å². The maximum atomic E-state index is 12.2. The van der Waals surface area contributed by atoms with Gasteiger partial charge in [0.15, 0.2) is 0 Å². The minimum absolute atomic E-state index is 0.0806. The molecule has 0 aromatic heterocycles. The van der Waals surface area contributed by atoms with Gasteiger partial charge in [-0.2, -0.15) is 0 Å². The fourth-order valence-corrected chi connectivity index (χ4v) is 2.87. The van der Waals surface area contributed by atoms with Crippen molar-refractivity contribution in [2.24, 2.45) is 0 Å². The number of urea groups is 1. The lowest BCUT2D eigenvalue weighted by Gasteiger charge is -2.28. The molecule has 5 nitrogen and oxygen atoms in total. The van der Waals surface area contributed by atoms with Crippen molar-refractivity contribution < 1.29 is 9.53 Å². The summed E-state index contributed by atoms with van der Waals surface area (Å²) in [4.78, 5) is 14.0. The summed E-state index contributed by atoms with van der Waals surface area (Å²) in [6, 6.07) is 14.5. The van der Waals surface area contributed by atoms with Gasteiger partial charge in [0.1, 0.15) is 11.5 Å². The highest BCUT2D eigenvalue weighted by atomic mass is 35.5. The van der Waals surface area contributed by atoms with Gasteiger partial charge in [0, 0.05) is 31.7 Å². The summed E-state index contributed by atoms with van der Waals surface area (Å²) in [5.41, 5.74) is 0.767. The molecule has 2 N–H and O–H groups in total. The molecule has 2 aromatic rings. The number of benzene rings is 2. The Morgan fingerprint density at radius 1 is 1.22 bits per heavy atom. The highest BCUT2D eigenvalue weighted by Crippen LogP contribution is 2.29. The Morgan fingerprint density at radius 3 is 2.67 bits per heavy atom. The Kier molecular flexibility index (Phi) is 6.59. The van der Waals surface area contributed by atoms with Crippen LogP contribution in [-0.4, -0.2) is 43.2 Å². The maximum Gasteiger partial charge on any atom is 0.318 e. The summed E-state index contributed by atoms with van der Waals surface area (Å²) in [6.45, 7) is 4.93. The van der Waals surface area contributed by atoms with E-state index >= 15 is 0 Å². The van der Waals surface area contributed by atoms with Gasteiger partial charge >= 0.3 is 6.03 Å². The van der Waals surface area contributed by atoms with E-state index in [1.807, 2.05) is 43.3 Å². The van der Waals surface area contributed by atoms with Gasteiger partial charge in [-0.1, -0.05) is 41.6 Å². The van der Waals surface area contributed by atoms with Crippen molar-refractivity contribution in [3.05, 3.63) is 59.1 Å². The average Bonchev–Trinajstić information content (AvgIpc) is 2.70. The predicted molar refractivity (Wildman–Crippen MR) is 107 cm³/mol. The lowest BCUT2D eigenvalue weighted by Crippen LogP contribution is -2.51. The topological polar surface area (TPSA) is 53.6 Å². The Morgan fingerprint density at radius 2 is 1.96 bits per heavy atom. The molecular weight excluding hydrogens is 362 g/mol. The number of rotatable bonds is 3. The van der Waals surface area contributed by atoms with Crippen LogP contribution in [0.3, 0.4) is 0 Å². The third-order valence-corrected chi connectivity index (χ3v) is 4.38. The SMILES string of the molecule is CC(C#Cc1ccc(Oc2ccccc2)c(Cl)c1)NC(=O)N1CCNCC1. The third kappa shape index (κ3) is 5.65. The van der Waals surface area contributed by atoms with Crippen LogP contribution in [0.2, 0.25) is 5.02 Å². The molecule has 0 saturated carbocycles. The first-order valence-corrected chi connectivity index (χ1v) is 9.30. The smallest absolute Gasteiger partial charge is 0.318 e. The molecule has 3 rings (SSSR count). The summed E-state index contributed by atoms with van der Waals surface area (Å²) >= 11 is 6.31. The Labute approximate surface area is 164 Å². The van der Waals surface area contributed by atoms with Crippen LogP contribution >= 0.6 is 11.6 Å². The highest BCUT2D eigenvalue weighted by Gasteiger charge is 2.16. The lowest BCUT2D eigenvalue weighted by molar-refractivity contribution is 0.189. The van der Waals surface area contributed by atoms with Crippen molar-refractivity contribution in [3.8, 4) is 23.3 Å². The molecule has 140 valence electrons. The standard InChI is InChI=1S/C21H22ClN3O2/c1-16(24-21(26)25-13-11-23-12-14-25)7-8-17-9-10-20(19(22)15-17)27-18-5-3-2-4-6-18/h2-6,9-10,15-16,23H,11-14H2,1H3,(H,24,26). The number of hydrogen-bond acceptors (Lipinski definition) is 3. The molecule has 1 unspecified atom stereocenters. The van der Waals surface area contributed by atoms with Gasteiger partial charge in [-0.3, -0.25) is 0 Å². The van der Waals surface area contributed by atoms with E-state index in [-0.39, 0.29) is 12.1 Å². The van der Waals surface area contributed by atoms with Crippen LogP contribution < -0.4 is 15.4 Å². The van der Waals surface area contributed by atoms with Crippen LogP contribution in [0.1, 0.15) is 12.5 Å². The number of piperazine rings is 1. The number of para-hydroxylation sites is 1. The molecule has 1 heterocycles. The monoisotopic (exact) mass is 383 g/mol. The number of ether oxygens (including phenoxy) is 1. The highest BCUT2D eigenvalue weighted by molar-refractivity contribution is 6.32. The first-order chi connectivity index (χ1) is 13.1. The molecule has 1 aliphatic rings. The number of hydrogen-bond donors (Lipinski definition) is 2. The number of nitrogens with one attached hydrogen (secondary N) is 2. The Hall–Kier alpha value is -2.68. The van der Waals surface area contributed by atoms with Gasteiger partial charge in [-0.05, 0) is 37.3 Å². The van der Waals surface area contributed by atoms with Crippen molar-refractivity contribution in [2.45, 2.75) is 13.0 Å². The minimum atomic E-state index is -0.258. The molecule has 1 atom stereocenters. The van der Waals surface area contributed by atoms with Crippen LogP contribution in [0.25, 0.3) is 0 Å². The van der Waals surface area contributed by atoms with E-state index in [1.54, 1.807) is 17.0 Å². The number of carbonyl (C=O) groups is 1. The van der Waals surface area contributed by atoms with E-state index in [9.17, 15) is 4.79 Å². The average molecular weight is 384 g/mol. The van der Waals surface area contributed by atoms with Crippen LogP contribution in [0.4, 0.5) is 4.79 Å². The van der Waals surface area contributed by atoms with Gasteiger partial charge in [0.05, 0.1) is 11.1 Å². The predicted octanol–water partition coefficient (Wildman–Crippen LogP) is 3.49. The van der Waals surface area contributed by atoms with Crippen LogP contribution in [0, 0.1) is 11.8 Å². The van der Waals surface area contributed by atoms with E-state index in [1.165, 1.54) is 0 Å². The van der Waals surface area contributed by atoms with Gasteiger partial charge < -0.3 is 20.3 Å². The molecule has 0 spiro atoms. The first-order valence-electron chi connectivity index (χ1n) is 8.92. The zero-order valence-corrected chi connectivity index (χ0v) is 15.9. The van der Waals surface area contributed by atoms with E-state index in [4.69, 9.17) is 16.3 Å². The second-order valence-electron chi connectivity index (χ2n) is 6.24. The van der Waals surface area contributed by atoms with Crippen molar-refractivity contribution in [2.75, 3.05) is 26.2 Å². The molecule has 2 amide bonds. The molecule has 1 saturated heterocycles. The minimum Gasteiger partial charge on any atom is -0.456 e. The molecule has 2 aromatic carbocycles. The van der Waals surface area contributed by atoms with E-state index < -0.39 is 0 Å². The summed E-state index contributed by atoms with van der Waals surface area (Å²) in [7, 11) is 0. The molecule has 0 aliphatic carbocycles. The fourth-order valence-electron chi connectivity index (χ4n) is 2.65. The van der Waals surface area contributed by atoms with E-state index in [0.29, 0.717) is 23.9 Å². The number of amides is 2. The van der Waals surface area contributed by atoms with Crippen LogP contribution in [-0.2, 0) is 0 Å². The molecule has 1 fully saturated rings. The quantitative estimate of drug-likeness (QED) is 0.798.